The van der Waals surface area contributed by atoms with E-state index in [-0.39, 0.29) is 11.7 Å². The fourth-order valence-electron chi connectivity index (χ4n) is 2.29. The summed E-state index contributed by atoms with van der Waals surface area (Å²) in [5.41, 5.74) is 0.563. The topological polar surface area (TPSA) is 26.8 Å². The van der Waals surface area contributed by atoms with Crippen LogP contribution in [0.4, 0.5) is 4.39 Å². The number of halogens is 1. The van der Waals surface area contributed by atoms with Crippen molar-refractivity contribution >= 4 is 5.91 Å². The average molecular weight is 279 g/mol. The zero-order valence-electron chi connectivity index (χ0n) is 12.2. The third kappa shape index (κ3) is 4.02. The molecule has 5 heteroatoms. The highest BCUT2D eigenvalue weighted by molar-refractivity contribution is 5.94. The van der Waals surface area contributed by atoms with E-state index < -0.39 is 0 Å². The molecule has 0 aromatic heterocycles. The van der Waals surface area contributed by atoms with Crippen molar-refractivity contribution < 1.29 is 9.18 Å². The lowest BCUT2D eigenvalue weighted by atomic mass is 10.2. The van der Waals surface area contributed by atoms with E-state index in [0.29, 0.717) is 5.56 Å². The number of hydrogen-bond donors (Lipinski definition) is 0. The van der Waals surface area contributed by atoms with Crippen LogP contribution in [-0.2, 0) is 0 Å². The van der Waals surface area contributed by atoms with Crippen LogP contribution < -0.4 is 0 Å². The van der Waals surface area contributed by atoms with Gasteiger partial charge in [0.05, 0.1) is 0 Å². The van der Waals surface area contributed by atoms with Crippen molar-refractivity contribution in [3.63, 3.8) is 0 Å². The molecule has 1 aromatic rings. The predicted molar refractivity (Wildman–Crippen MR) is 77.3 cm³/mol. The summed E-state index contributed by atoms with van der Waals surface area (Å²) < 4.78 is 12.9. The smallest absolute Gasteiger partial charge is 0.253 e. The molecule has 20 heavy (non-hydrogen) atoms. The van der Waals surface area contributed by atoms with Gasteiger partial charge in [-0.25, -0.2) is 4.39 Å². The Bertz CT molecular complexity index is 439. The van der Waals surface area contributed by atoms with Crippen molar-refractivity contribution in [2.75, 3.05) is 53.4 Å². The van der Waals surface area contributed by atoms with E-state index in [9.17, 15) is 9.18 Å². The van der Waals surface area contributed by atoms with Gasteiger partial charge < -0.3 is 9.80 Å². The number of piperazine rings is 1. The largest absolute Gasteiger partial charge is 0.336 e. The summed E-state index contributed by atoms with van der Waals surface area (Å²) in [6.45, 7) is 5.35. The van der Waals surface area contributed by atoms with E-state index in [0.717, 1.165) is 39.3 Å². The van der Waals surface area contributed by atoms with Crippen molar-refractivity contribution in [1.29, 1.82) is 0 Å². The van der Waals surface area contributed by atoms with Crippen LogP contribution in [0.1, 0.15) is 10.4 Å². The van der Waals surface area contributed by atoms with Crippen molar-refractivity contribution in [3.8, 4) is 0 Å². The Morgan fingerprint density at radius 3 is 2.30 bits per heavy atom. The third-order valence-corrected chi connectivity index (χ3v) is 3.61. The first-order chi connectivity index (χ1) is 9.56. The van der Waals surface area contributed by atoms with Gasteiger partial charge in [0.15, 0.2) is 0 Å². The SMILES string of the molecule is CN(C)CCN1CCN(C(=O)c2ccc(F)cc2)CC1. The third-order valence-electron chi connectivity index (χ3n) is 3.61. The number of amides is 1. The molecule has 0 bridgehead atoms. The molecular formula is C15H22FN3O. The molecule has 4 nitrogen and oxygen atoms in total. The molecule has 1 saturated heterocycles. The van der Waals surface area contributed by atoms with Gasteiger partial charge in [-0.3, -0.25) is 9.69 Å². The Hall–Kier alpha value is -1.46. The highest BCUT2D eigenvalue weighted by Crippen LogP contribution is 2.09. The fourth-order valence-corrected chi connectivity index (χ4v) is 2.29. The van der Waals surface area contributed by atoms with Gasteiger partial charge in [-0.05, 0) is 38.4 Å². The maximum Gasteiger partial charge on any atom is 0.253 e. The van der Waals surface area contributed by atoms with Gasteiger partial charge in [0.2, 0.25) is 0 Å². The highest BCUT2D eigenvalue weighted by Gasteiger charge is 2.21. The van der Waals surface area contributed by atoms with Gasteiger partial charge >= 0.3 is 0 Å². The zero-order valence-corrected chi connectivity index (χ0v) is 12.2. The van der Waals surface area contributed by atoms with Crippen molar-refractivity contribution in [2.24, 2.45) is 0 Å². The number of hydrogen-bond acceptors (Lipinski definition) is 3. The molecule has 0 radical (unpaired) electrons. The molecule has 0 atom stereocenters. The molecule has 0 unspecified atom stereocenters. The zero-order chi connectivity index (χ0) is 14.5. The molecule has 1 aromatic carbocycles. The molecule has 2 rings (SSSR count). The summed E-state index contributed by atoms with van der Waals surface area (Å²) >= 11 is 0. The molecule has 1 aliphatic heterocycles. The first-order valence-electron chi connectivity index (χ1n) is 6.98. The van der Waals surface area contributed by atoms with E-state index >= 15 is 0 Å². The van der Waals surface area contributed by atoms with Crippen LogP contribution in [0.2, 0.25) is 0 Å². The summed E-state index contributed by atoms with van der Waals surface area (Å²) in [4.78, 5) is 18.6. The van der Waals surface area contributed by atoms with Crippen LogP contribution >= 0.6 is 0 Å². The molecular weight excluding hydrogens is 257 g/mol. The van der Waals surface area contributed by atoms with Gasteiger partial charge in [0.1, 0.15) is 5.82 Å². The second-order valence-electron chi connectivity index (χ2n) is 5.44. The maximum atomic E-state index is 12.9. The Labute approximate surface area is 119 Å². The molecule has 1 aliphatic rings. The normalized spacial score (nSPS) is 16.7. The highest BCUT2D eigenvalue weighted by atomic mass is 19.1. The summed E-state index contributed by atoms with van der Waals surface area (Å²) in [5.74, 6) is -0.313. The van der Waals surface area contributed by atoms with Crippen LogP contribution in [-0.4, -0.2) is 74.0 Å². The number of rotatable bonds is 4. The minimum atomic E-state index is -0.310. The summed E-state index contributed by atoms with van der Waals surface area (Å²) in [5, 5.41) is 0. The molecule has 110 valence electrons. The van der Waals surface area contributed by atoms with Gasteiger partial charge in [0.25, 0.3) is 5.91 Å². The van der Waals surface area contributed by atoms with E-state index in [2.05, 4.69) is 23.9 Å². The number of carbonyl (C=O) groups excluding carboxylic acids is 1. The predicted octanol–water partition coefficient (Wildman–Crippen LogP) is 1.15. The van der Waals surface area contributed by atoms with E-state index in [1.807, 2.05) is 4.90 Å². The quantitative estimate of drug-likeness (QED) is 0.827. The summed E-state index contributed by atoms with van der Waals surface area (Å²) in [7, 11) is 4.13. The fraction of sp³-hybridized carbons (Fsp3) is 0.533. The second kappa shape index (κ2) is 6.81. The van der Waals surface area contributed by atoms with Crippen LogP contribution in [0.3, 0.4) is 0 Å². The van der Waals surface area contributed by atoms with Crippen LogP contribution in [0.15, 0.2) is 24.3 Å². The van der Waals surface area contributed by atoms with Crippen LogP contribution in [0.5, 0.6) is 0 Å². The lowest BCUT2D eigenvalue weighted by molar-refractivity contribution is 0.0629. The van der Waals surface area contributed by atoms with E-state index in [1.54, 1.807) is 12.1 Å². The van der Waals surface area contributed by atoms with E-state index in [1.165, 1.54) is 12.1 Å². The van der Waals surface area contributed by atoms with Gasteiger partial charge in [-0.1, -0.05) is 0 Å². The Morgan fingerprint density at radius 1 is 1.15 bits per heavy atom. The van der Waals surface area contributed by atoms with Gasteiger partial charge in [-0.15, -0.1) is 0 Å². The maximum absolute atomic E-state index is 12.9. The van der Waals surface area contributed by atoms with Crippen molar-refractivity contribution in [3.05, 3.63) is 35.6 Å². The number of benzene rings is 1. The minimum absolute atomic E-state index is 0.00254. The molecule has 0 N–H and O–H groups in total. The number of likely N-dealkylation sites (N-methyl/N-ethyl adjacent to an activating group) is 1. The Morgan fingerprint density at radius 2 is 1.75 bits per heavy atom. The summed E-state index contributed by atoms with van der Waals surface area (Å²) in [6, 6.07) is 5.77. The van der Waals surface area contributed by atoms with Crippen molar-refractivity contribution in [1.82, 2.24) is 14.7 Å². The Balaban J connectivity index is 1.84. The molecule has 0 aliphatic carbocycles. The monoisotopic (exact) mass is 279 g/mol. The van der Waals surface area contributed by atoms with E-state index in [4.69, 9.17) is 0 Å². The lowest BCUT2D eigenvalue weighted by Crippen LogP contribution is -2.49. The van der Waals surface area contributed by atoms with Gasteiger partial charge in [0, 0.05) is 44.8 Å². The Kier molecular flexibility index (Phi) is 5.09. The molecule has 1 heterocycles. The number of carbonyl (C=O) groups is 1. The molecule has 0 saturated carbocycles. The standard InChI is InChI=1S/C15H22FN3O/c1-17(2)7-8-18-9-11-19(12-10-18)15(20)13-3-5-14(16)6-4-13/h3-6H,7-12H2,1-2H3. The molecule has 1 fully saturated rings. The number of nitrogens with zero attached hydrogens (tertiary/aromatic N) is 3. The molecule has 1 amide bonds. The second-order valence-corrected chi connectivity index (χ2v) is 5.44. The van der Waals surface area contributed by atoms with Gasteiger partial charge in [-0.2, -0.15) is 0 Å². The average Bonchev–Trinajstić information content (AvgIpc) is 2.46. The summed E-state index contributed by atoms with van der Waals surface area (Å²) in [6.07, 6.45) is 0. The van der Waals surface area contributed by atoms with Crippen LogP contribution in [0, 0.1) is 5.82 Å². The first kappa shape index (κ1) is 14.9. The molecule has 0 spiro atoms. The van der Waals surface area contributed by atoms with Crippen molar-refractivity contribution in [2.45, 2.75) is 0 Å². The first-order valence-corrected chi connectivity index (χ1v) is 6.98. The lowest BCUT2D eigenvalue weighted by Gasteiger charge is -2.35. The minimum Gasteiger partial charge on any atom is -0.336 e. The van der Waals surface area contributed by atoms with Crippen LogP contribution in [0.25, 0.3) is 0 Å².